The summed E-state index contributed by atoms with van der Waals surface area (Å²) in [7, 11) is 0. The molecule has 0 aliphatic carbocycles. The molecule has 0 atom stereocenters. The van der Waals surface area contributed by atoms with Crippen LogP contribution in [-0.2, 0) is 17.9 Å². The Morgan fingerprint density at radius 2 is 1.89 bits per heavy atom. The Morgan fingerprint density at radius 3 is 2.56 bits per heavy atom. The van der Waals surface area contributed by atoms with Crippen molar-refractivity contribution >= 4 is 12.1 Å². The first-order valence-electron chi connectivity index (χ1n) is 8.70. The molecule has 2 aromatic carbocycles. The molecule has 0 radical (unpaired) electrons. The number of carbonyl (C=O) groups excluding carboxylic acids is 1. The topological polar surface area (TPSA) is 68.5 Å². The van der Waals surface area contributed by atoms with E-state index in [9.17, 15) is 4.79 Å². The van der Waals surface area contributed by atoms with Crippen molar-refractivity contribution in [3.63, 3.8) is 0 Å². The van der Waals surface area contributed by atoms with Crippen LogP contribution in [0.2, 0.25) is 0 Å². The zero-order chi connectivity index (χ0) is 19.1. The number of aryl methyl sites for hydroxylation is 2. The molecular weight excluding hydrogens is 340 g/mol. The third-order valence-electron chi connectivity index (χ3n) is 3.93. The molecule has 0 aliphatic heterocycles. The molecule has 6 nitrogen and oxygen atoms in total. The van der Waals surface area contributed by atoms with Crippen LogP contribution in [0.4, 0.5) is 0 Å². The van der Waals surface area contributed by atoms with Gasteiger partial charge in [-0.15, -0.1) is 0 Å². The fourth-order valence-electron chi connectivity index (χ4n) is 2.58. The number of nitrogens with one attached hydrogen (secondary N) is 1. The Hall–Kier alpha value is -3.41. The van der Waals surface area contributed by atoms with E-state index < -0.39 is 0 Å². The Labute approximate surface area is 158 Å². The zero-order valence-electron chi connectivity index (χ0n) is 15.4. The number of carbonyl (C=O) groups is 1. The van der Waals surface area contributed by atoms with Gasteiger partial charge in [0, 0.05) is 5.69 Å². The molecule has 27 heavy (non-hydrogen) atoms. The molecule has 0 bridgehead atoms. The van der Waals surface area contributed by atoms with Crippen molar-refractivity contribution in [1.82, 2.24) is 15.2 Å². The molecule has 0 saturated heterocycles. The molecule has 1 aromatic heterocycles. The molecule has 1 heterocycles. The summed E-state index contributed by atoms with van der Waals surface area (Å²) in [6.07, 6.45) is 1.60. The molecule has 0 saturated carbocycles. The molecule has 1 N–H and O–H groups in total. The SMILES string of the molecule is Cc1cc(C)n(CC(=O)N/N=C\c2ccc(OCc3ccccc3)cc2)n1. The van der Waals surface area contributed by atoms with Crippen molar-refractivity contribution in [2.75, 3.05) is 0 Å². The lowest BCUT2D eigenvalue weighted by Gasteiger charge is -2.06. The molecule has 0 unspecified atom stereocenters. The van der Waals surface area contributed by atoms with Gasteiger partial charge in [-0.25, -0.2) is 5.43 Å². The summed E-state index contributed by atoms with van der Waals surface area (Å²) in [5, 5.41) is 8.25. The highest BCUT2D eigenvalue weighted by Crippen LogP contribution is 2.13. The van der Waals surface area contributed by atoms with Gasteiger partial charge in [-0.05, 0) is 55.3 Å². The summed E-state index contributed by atoms with van der Waals surface area (Å²) >= 11 is 0. The Bertz CT molecular complexity index is 915. The van der Waals surface area contributed by atoms with Crippen LogP contribution < -0.4 is 10.2 Å². The molecule has 3 aromatic rings. The fraction of sp³-hybridized carbons (Fsp3) is 0.190. The number of rotatable bonds is 7. The Kier molecular flexibility index (Phi) is 5.99. The standard InChI is InChI=1S/C21H22N4O2/c1-16-12-17(2)25(24-16)14-21(26)23-22-13-18-8-10-20(11-9-18)27-15-19-6-4-3-5-7-19/h3-13H,14-15H2,1-2H3,(H,23,26)/b22-13-. The smallest absolute Gasteiger partial charge is 0.261 e. The number of hydrogen-bond donors (Lipinski definition) is 1. The van der Waals surface area contributed by atoms with Crippen molar-refractivity contribution in [3.8, 4) is 5.75 Å². The van der Waals surface area contributed by atoms with Gasteiger partial charge in [0.05, 0.1) is 11.9 Å². The van der Waals surface area contributed by atoms with Crippen LogP contribution in [0.25, 0.3) is 0 Å². The van der Waals surface area contributed by atoms with Gasteiger partial charge >= 0.3 is 0 Å². The van der Waals surface area contributed by atoms with Crippen LogP contribution >= 0.6 is 0 Å². The zero-order valence-corrected chi connectivity index (χ0v) is 15.4. The van der Waals surface area contributed by atoms with Gasteiger partial charge in [-0.1, -0.05) is 30.3 Å². The highest BCUT2D eigenvalue weighted by Gasteiger charge is 2.05. The molecule has 3 rings (SSSR count). The maximum Gasteiger partial charge on any atom is 0.261 e. The molecule has 1 amide bonds. The average Bonchev–Trinajstić information content (AvgIpc) is 2.99. The van der Waals surface area contributed by atoms with Gasteiger partial charge in [0.25, 0.3) is 5.91 Å². The van der Waals surface area contributed by atoms with Gasteiger partial charge in [0.1, 0.15) is 18.9 Å². The maximum absolute atomic E-state index is 11.9. The maximum atomic E-state index is 11.9. The average molecular weight is 362 g/mol. The number of amides is 1. The normalized spacial score (nSPS) is 10.9. The van der Waals surface area contributed by atoms with E-state index in [1.54, 1.807) is 10.9 Å². The van der Waals surface area contributed by atoms with E-state index in [-0.39, 0.29) is 12.5 Å². The van der Waals surface area contributed by atoms with Crippen LogP contribution in [-0.4, -0.2) is 21.9 Å². The molecular formula is C21H22N4O2. The van der Waals surface area contributed by atoms with Gasteiger partial charge in [0.2, 0.25) is 0 Å². The molecule has 0 spiro atoms. The number of nitrogens with zero attached hydrogens (tertiary/aromatic N) is 3. The predicted octanol–water partition coefficient (Wildman–Crippen LogP) is 3.23. The van der Waals surface area contributed by atoms with E-state index in [1.807, 2.05) is 74.5 Å². The second-order valence-electron chi connectivity index (χ2n) is 6.22. The first-order valence-corrected chi connectivity index (χ1v) is 8.70. The highest BCUT2D eigenvalue weighted by atomic mass is 16.5. The van der Waals surface area contributed by atoms with Gasteiger partial charge in [-0.2, -0.15) is 10.2 Å². The van der Waals surface area contributed by atoms with Gasteiger partial charge in [-0.3, -0.25) is 9.48 Å². The van der Waals surface area contributed by atoms with Crippen molar-refractivity contribution < 1.29 is 9.53 Å². The third kappa shape index (κ3) is 5.54. The summed E-state index contributed by atoms with van der Waals surface area (Å²) in [5.74, 6) is 0.560. The van der Waals surface area contributed by atoms with Gasteiger partial charge < -0.3 is 4.74 Å². The summed E-state index contributed by atoms with van der Waals surface area (Å²) in [6.45, 7) is 4.48. The number of benzene rings is 2. The molecule has 6 heteroatoms. The van der Waals surface area contributed by atoms with Gasteiger partial charge in [0.15, 0.2) is 0 Å². The van der Waals surface area contributed by atoms with Crippen LogP contribution in [0, 0.1) is 13.8 Å². The molecule has 138 valence electrons. The Balaban J connectivity index is 1.47. The second-order valence-corrected chi connectivity index (χ2v) is 6.22. The van der Waals surface area contributed by atoms with Crippen molar-refractivity contribution in [3.05, 3.63) is 83.2 Å². The number of ether oxygens (including phenoxy) is 1. The predicted molar refractivity (Wildman–Crippen MR) is 105 cm³/mol. The van der Waals surface area contributed by atoms with E-state index in [4.69, 9.17) is 4.74 Å². The minimum absolute atomic E-state index is 0.142. The fourth-order valence-corrected chi connectivity index (χ4v) is 2.58. The van der Waals surface area contributed by atoms with E-state index >= 15 is 0 Å². The lowest BCUT2D eigenvalue weighted by molar-refractivity contribution is -0.121. The van der Waals surface area contributed by atoms with Crippen LogP contribution in [0.5, 0.6) is 5.75 Å². The minimum Gasteiger partial charge on any atom is -0.489 e. The number of aromatic nitrogens is 2. The largest absolute Gasteiger partial charge is 0.489 e. The van der Waals surface area contributed by atoms with Crippen LogP contribution in [0.1, 0.15) is 22.5 Å². The summed E-state index contributed by atoms with van der Waals surface area (Å²) < 4.78 is 7.40. The van der Waals surface area contributed by atoms with Crippen LogP contribution in [0.3, 0.4) is 0 Å². The van der Waals surface area contributed by atoms with E-state index in [0.717, 1.165) is 28.3 Å². The van der Waals surface area contributed by atoms with E-state index in [1.165, 1.54) is 0 Å². The molecule has 0 fully saturated rings. The summed E-state index contributed by atoms with van der Waals surface area (Å²) in [6, 6.07) is 19.5. The summed E-state index contributed by atoms with van der Waals surface area (Å²) in [4.78, 5) is 11.9. The Morgan fingerprint density at radius 1 is 1.15 bits per heavy atom. The number of hydrazone groups is 1. The number of hydrogen-bond acceptors (Lipinski definition) is 4. The summed E-state index contributed by atoms with van der Waals surface area (Å²) in [5.41, 5.74) is 6.33. The van der Waals surface area contributed by atoms with Crippen molar-refractivity contribution in [1.29, 1.82) is 0 Å². The van der Waals surface area contributed by atoms with Crippen molar-refractivity contribution in [2.24, 2.45) is 5.10 Å². The van der Waals surface area contributed by atoms with Crippen LogP contribution in [0.15, 0.2) is 65.8 Å². The quantitative estimate of drug-likeness (QED) is 0.518. The lowest BCUT2D eigenvalue weighted by Crippen LogP contribution is -2.24. The lowest BCUT2D eigenvalue weighted by atomic mass is 10.2. The van der Waals surface area contributed by atoms with E-state index in [2.05, 4.69) is 15.6 Å². The third-order valence-corrected chi connectivity index (χ3v) is 3.93. The van der Waals surface area contributed by atoms with E-state index in [0.29, 0.717) is 6.61 Å². The first-order chi connectivity index (χ1) is 13.1. The van der Waals surface area contributed by atoms with Crippen molar-refractivity contribution in [2.45, 2.75) is 27.0 Å². The first kappa shape index (κ1) is 18.4. The minimum atomic E-state index is -0.222. The second kappa shape index (κ2) is 8.80. The molecule has 0 aliphatic rings. The highest BCUT2D eigenvalue weighted by molar-refractivity contribution is 5.82. The monoisotopic (exact) mass is 362 g/mol.